The zero-order valence-corrected chi connectivity index (χ0v) is 54.8. The van der Waals surface area contributed by atoms with E-state index in [0.29, 0.717) is 29.7 Å². The quantitative estimate of drug-likeness (QED) is 0.0630. The number of hydrogen-bond donors (Lipinski definition) is 0. The minimum atomic E-state index is -1.17. The van der Waals surface area contributed by atoms with Crippen LogP contribution in [0.25, 0.3) is 44.6 Å². The third-order valence-electron chi connectivity index (χ3n) is 23.3. The molecule has 7 atom stereocenters. The van der Waals surface area contributed by atoms with E-state index in [2.05, 4.69) is 230 Å². The van der Waals surface area contributed by atoms with E-state index in [-0.39, 0.29) is 11.5 Å². The molecule has 0 bridgehead atoms. The molecule has 0 amide bonds. The van der Waals surface area contributed by atoms with Crippen LogP contribution >= 0.6 is 0 Å². The topological polar surface area (TPSA) is 17.4 Å². The summed E-state index contributed by atoms with van der Waals surface area (Å²) in [5.41, 5.74) is 23.0. The molecule has 3 nitrogen and oxygen atoms in total. The van der Waals surface area contributed by atoms with Crippen LogP contribution in [0, 0.1) is 23.7 Å². The number of benzene rings is 5. The van der Waals surface area contributed by atoms with Gasteiger partial charge in [-0.25, -0.2) is 0 Å². The van der Waals surface area contributed by atoms with Gasteiger partial charge in [0.25, 0.3) is 0 Å². The first-order valence-corrected chi connectivity index (χ1v) is 38.1. The molecule has 1 heterocycles. The maximum Gasteiger partial charge on any atom is 0.119 e. The molecule has 9 aliphatic carbocycles. The van der Waals surface area contributed by atoms with Crippen LogP contribution in [0.15, 0.2) is 230 Å². The number of aryl methyl sites for hydroxylation is 1. The highest BCUT2D eigenvalue weighted by Gasteiger charge is 2.53. The number of nitrogens with zero attached hydrogens (tertiary/aromatic N) is 2. The zero-order valence-electron chi connectivity index (χ0n) is 53.7. The first-order chi connectivity index (χ1) is 44.4. The van der Waals surface area contributed by atoms with E-state index >= 15 is 0 Å². The molecule has 0 spiro atoms. The van der Waals surface area contributed by atoms with Gasteiger partial charge in [-0.2, -0.15) is 0 Å². The molecule has 1 fully saturated rings. The highest BCUT2D eigenvalue weighted by atomic mass is 28.3. The first-order valence-electron chi connectivity index (χ1n) is 35.3. The van der Waals surface area contributed by atoms with E-state index in [0.717, 1.165) is 95.3 Å². The van der Waals surface area contributed by atoms with Crippen molar-refractivity contribution in [3.05, 3.63) is 258 Å². The number of fused-ring (bicyclic) bond motifs is 7. The monoisotopic (exact) mass is 1200 g/mol. The van der Waals surface area contributed by atoms with Gasteiger partial charge in [0, 0.05) is 53.4 Å². The van der Waals surface area contributed by atoms with Gasteiger partial charge in [-0.15, -0.1) is 13.2 Å². The lowest BCUT2D eigenvalue weighted by Gasteiger charge is -2.42. The third kappa shape index (κ3) is 11.5. The van der Waals surface area contributed by atoms with Gasteiger partial charge in [-0.1, -0.05) is 158 Å². The van der Waals surface area contributed by atoms with Crippen LogP contribution in [0.4, 0.5) is 11.4 Å². The average molecular weight is 1200 g/mol. The predicted molar refractivity (Wildman–Crippen MR) is 387 cm³/mol. The lowest BCUT2D eigenvalue weighted by atomic mass is 9.63. The third-order valence-corrected chi connectivity index (χ3v) is 25.8. The summed E-state index contributed by atoms with van der Waals surface area (Å²) in [6.07, 6.45) is 64.3. The van der Waals surface area contributed by atoms with E-state index in [4.69, 9.17) is 4.74 Å². The second-order valence-electron chi connectivity index (χ2n) is 28.4. The van der Waals surface area contributed by atoms with Gasteiger partial charge < -0.3 is 14.2 Å². The Bertz CT molecular complexity index is 4040. The van der Waals surface area contributed by atoms with Gasteiger partial charge in [0.05, 0.1) is 12.6 Å². The molecule has 7 unspecified atom stereocenters. The second-order valence-corrected chi connectivity index (χ2v) is 31.8. The lowest BCUT2D eigenvalue weighted by molar-refractivity contribution is 0.330. The van der Waals surface area contributed by atoms with Crippen molar-refractivity contribution in [1.29, 1.82) is 0 Å². The summed E-state index contributed by atoms with van der Waals surface area (Å²) in [6.45, 7) is 11.7. The standard InChI is InChI=1S/C86H94N2OSi/c1-4-60-25-29-64(30-26-60)67-33-34-69-56-77(47-39-68(69)55-67)89-52-54-90(3)53-51-86(72-19-11-7-12-20-72)82-24-16-15-23-78(82)79-48-46-76(59-83(79)86)87(74-42-35-63(36-43-74)62-17-9-6-10-18-62)75-44-37-66(38-45-75)71-41-50-85-81(58-71)80-57-70(65-31-27-61(5-2)28-32-65)40-49-84(80)88(85)73-21-13-8-14-22-73/h4-6,8-9,11,13-14,16-17,19-21,24,31,35,37-41,44-50,55-61,64,73-74,78,82,90H,1-2,7,10,12,15,18,22-23,25-30,32-34,36,42-43,51-54H2,3H3. The molecule has 4 heteroatoms. The summed E-state index contributed by atoms with van der Waals surface area (Å²) in [5, 5.41) is 2.69. The Balaban J connectivity index is 0.736. The lowest BCUT2D eigenvalue weighted by Crippen LogP contribution is -2.36. The van der Waals surface area contributed by atoms with E-state index in [1.54, 1.807) is 33.4 Å². The molecule has 0 saturated heterocycles. The maximum absolute atomic E-state index is 6.71. The summed E-state index contributed by atoms with van der Waals surface area (Å²) in [5.74, 6) is 4.09. The van der Waals surface area contributed by atoms with Crippen molar-refractivity contribution < 1.29 is 4.74 Å². The van der Waals surface area contributed by atoms with Crippen LogP contribution in [-0.4, -0.2) is 26.0 Å². The van der Waals surface area contributed by atoms with Gasteiger partial charge in [-0.05, 0) is 286 Å². The smallest absolute Gasteiger partial charge is 0.119 e. The van der Waals surface area contributed by atoms with Crippen LogP contribution in [0.3, 0.4) is 0 Å². The van der Waals surface area contributed by atoms with E-state index in [1.807, 2.05) is 0 Å². The average Bonchev–Trinajstić information content (AvgIpc) is 1.60. The zero-order chi connectivity index (χ0) is 60.5. The van der Waals surface area contributed by atoms with Gasteiger partial charge in [0.2, 0.25) is 0 Å². The largest absolute Gasteiger partial charge is 0.494 e. The molecule has 5 aromatic carbocycles. The van der Waals surface area contributed by atoms with E-state index < -0.39 is 8.80 Å². The summed E-state index contributed by atoms with van der Waals surface area (Å²) in [7, 11) is -1.17. The highest BCUT2D eigenvalue weighted by molar-refractivity contribution is 6.57. The van der Waals surface area contributed by atoms with E-state index in [9.17, 15) is 0 Å². The van der Waals surface area contributed by atoms with E-state index in [1.165, 1.54) is 130 Å². The van der Waals surface area contributed by atoms with Crippen molar-refractivity contribution in [3.63, 3.8) is 0 Å². The Morgan fingerprint density at radius 1 is 0.611 bits per heavy atom. The summed E-state index contributed by atoms with van der Waals surface area (Å²) in [4.78, 5) is 2.78. The van der Waals surface area contributed by atoms with Crippen LogP contribution in [0.2, 0.25) is 18.6 Å². The van der Waals surface area contributed by atoms with Crippen LogP contribution in [0.5, 0.6) is 5.75 Å². The number of ether oxygens (including phenoxy) is 1. The van der Waals surface area contributed by atoms with Gasteiger partial charge >= 0.3 is 0 Å². The molecule has 6 aromatic rings. The highest BCUT2D eigenvalue weighted by Crippen LogP contribution is 2.62. The Kier molecular flexibility index (Phi) is 17.1. The molecular formula is C86H94N2OSi. The van der Waals surface area contributed by atoms with Crippen molar-refractivity contribution >= 4 is 53.6 Å². The Hall–Kier alpha value is -7.40. The molecule has 458 valence electrons. The van der Waals surface area contributed by atoms with Crippen molar-refractivity contribution in [2.45, 2.75) is 170 Å². The van der Waals surface area contributed by atoms with Crippen LogP contribution in [-0.2, 0) is 11.8 Å². The minimum Gasteiger partial charge on any atom is -0.494 e. The SMILES string of the molecule is C=CC1CC=C(c2ccc3c(c2)c2cc(-c4ccc(N(c5ccc6c(c5)C(CC[SiH](C)CCOc5ccc7c(c5)CCC(C5CCC(C=C)CC5)=C7)(C5=CCCC=C5)C5C=CCCC65)C5CC=C(C6=CC=CCC6)CC5)cc4)ccc2n3C2C=CC=CC2)CC1. The minimum absolute atomic E-state index is 0.0631. The first kappa shape index (κ1) is 58.9. The fourth-order valence-corrected chi connectivity index (χ4v) is 19.9. The number of aromatic nitrogens is 1. The van der Waals surface area contributed by atoms with Gasteiger partial charge in [0.15, 0.2) is 0 Å². The van der Waals surface area contributed by atoms with Crippen LogP contribution in [0.1, 0.15) is 162 Å². The number of rotatable bonds is 18. The number of hydrogen-bond acceptors (Lipinski definition) is 2. The molecule has 0 aliphatic heterocycles. The molecule has 1 saturated carbocycles. The molecule has 90 heavy (non-hydrogen) atoms. The predicted octanol–water partition coefficient (Wildman–Crippen LogP) is 23.0. The number of allylic oxidation sites excluding steroid dienone is 20. The number of anilines is 2. The molecule has 0 radical (unpaired) electrons. The Morgan fingerprint density at radius 2 is 1.42 bits per heavy atom. The maximum atomic E-state index is 6.71. The fourth-order valence-electron chi connectivity index (χ4n) is 18.1. The summed E-state index contributed by atoms with van der Waals surface area (Å²) >= 11 is 0. The van der Waals surface area contributed by atoms with Crippen LogP contribution < -0.4 is 9.64 Å². The van der Waals surface area contributed by atoms with Gasteiger partial charge in [-0.3, -0.25) is 0 Å². The molecule has 9 aliphatic rings. The Labute approximate surface area is 539 Å². The molecule has 15 rings (SSSR count). The second kappa shape index (κ2) is 26.1. The molecular weight excluding hydrogens is 1110 g/mol. The van der Waals surface area contributed by atoms with Crippen molar-refractivity contribution in [2.24, 2.45) is 23.7 Å². The normalized spacial score (nSPS) is 26.4. The summed E-state index contributed by atoms with van der Waals surface area (Å²) in [6, 6.07) is 42.3. The van der Waals surface area contributed by atoms with Crippen molar-refractivity contribution in [2.75, 3.05) is 11.5 Å². The van der Waals surface area contributed by atoms with Crippen molar-refractivity contribution in [1.82, 2.24) is 4.57 Å². The van der Waals surface area contributed by atoms with Crippen molar-refractivity contribution in [3.8, 4) is 16.9 Å². The molecule has 1 aromatic heterocycles. The summed E-state index contributed by atoms with van der Waals surface area (Å²) < 4.78 is 9.31. The Morgan fingerprint density at radius 3 is 2.18 bits per heavy atom. The molecule has 0 N–H and O–H groups in total. The fraction of sp³-hybridized carbons (Fsp3) is 0.372. The van der Waals surface area contributed by atoms with Gasteiger partial charge in [0.1, 0.15) is 5.75 Å².